The van der Waals surface area contributed by atoms with Gasteiger partial charge >= 0.3 is 0 Å². The van der Waals surface area contributed by atoms with Crippen molar-refractivity contribution in [3.8, 4) is 5.75 Å². The highest BCUT2D eigenvalue weighted by Crippen LogP contribution is 2.33. The minimum atomic E-state index is -0.747. The number of ketones is 1. The molecule has 0 spiro atoms. The average molecular weight is 344 g/mol. The van der Waals surface area contributed by atoms with Gasteiger partial charge in [-0.15, -0.1) is 0 Å². The van der Waals surface area contributed by atoms with Gasteiger partial charge in [-0.3, -0.25) is 9.59 Å². The maximum Gasteiger partial charge on any atom is 0.293 e. The average Bonchev–Trinajstić information content (AvgIpc) is 2.90. The molecule has 1 atom stereocenters. The minimum absolute atomic E-state index is 0.0208. The molecule has 1 fully saturated rings. The summed E-state index contributed by atoms with van der Waals surface area (Å²) in [5.41, 5.74) is 1.11. The molecule has 1 unspecified atom stereocenters. The molecule has 5 nitrogen and oxygen atoms in total. The highest BCUT2D eigenvalue weighted by Gasteiger charge is 2.39. The van der Waals surface area contributed by atoms with Crippen LogP contribution in [0.5, 0.6) is 5.75 Å². The van der Waals surface area contributed by atoms with Gasteiger partial charge in [-0.05, 0) is 42.0 Å². The highest BCUT2D eigenvalue weighted by molar-refractivity contribution is 6.46. The second-order valence-electron chi connectivity index (χ2n) is 5.28. The van der Waals surface area contributed by atoms with Gasteiger partial charge in [-0.2, -0.15) is 0 Å². The number of aliphatic hydroxyl groups excluding tert-OH is 1. The van der Waals surface area contributed by atoms with E-state index in [1.807, 2.05) is 0 Å². The number of aliphatic hydroxyl groups is 1. The number of ether oxygens (including phenoxy) is 1. The Bertz CT molecular complexity index is 825. The molecule has 0 saturated carbocycles. The van der Waals surface area contributed by atoms with E-state index in [0.717, 1.165) is 0 Å². The second kappa shape index (κ2) is 6.37. The van der Waals surface area contributed by atoms with Crippen LogP contribution in [0.3, 0.4) is 0 Å². The van der Waals surface area contributed by atoms with Gasteiger partial charge in [-0.1, -0.05) is 23.7 Å². The van der Waals surface area contributed by atoms with Crippen molar-refractivity contribution in [1.82, 2.24) is 5.32 Å². The van der Waals surface area contributed by atoms with Crippen molar-refractivity contribution < 1.29 is 19.4 Å². The summed E-state index contributed by atoms with van der Waals surface area (Å²) in [6.07, 6.45) is 0. The van der Waals surface area contributed by atoms with Crippen LogP contribution in [0.25, 0.3) is 5.76 Å². The first-order valence-corrected chi connectivity index (χ1v) is 7.57. The van der Waals surface area contributed by atoms with Crippen molar-refractivity contribution in [3.63, 3.8) is 0 Å². The predicted octanol–water partition coefficient (Wildman–Crippen LogP) is 3.06. The first-order chi connectivity index (χ1) is 11.5. The molecular weight excluding hydrogens is 330 g/mol. The molecule has 1 aliphatic rings. The summed E-state index contributed by atoms with van der Waals surface area (Å²) >= 11 is 5.87. The number of amides is 1. The maximum absolute atomic E-state index is 12.2. The van der Waals surface area contributed by atoms with E-state index in [-0.39, 0.29) is 11.3 Å². The lowest BCUT2D eigenvalue weighted by Crippen LogP contribution is -2.21. The molecule has 3 rings (SSSR count). The Morgan fingerprint density at radius 1 is 1.08 bits per heavy atom. The predicted molar refractivity (Wildman–Crippen MR) is 89.9 cm³/mol. The van der Waals surface area contributed by atoms with Gasteiger partial charge in [0, 0.05) is 10.6 Å². The third-order valence-corrected chi connectivity index (χ3v) is 4.09. The molecular formula is C18H14ClNO4. The first kappa shape index (κ1) is 16.1. The number of rotatable bonds is 3. The lowest BCUT2D eigenvalue weighted by Gasteiger charge is -2.14. The summed E-state index contributed by atoms with van der Waals surface area (Å²) < 4.78 is 5.07. The fourth-order valence-corrected chi connectivity index (χ4v) is 2.70. The lowest BCUT2D eigenvalue weighted by molar-refractivity contribution is -0.133. The van der Waals surface area contributed by atoms with Gasteiger partial charge in [0.05, 0.1) is 18.7 Å². The zero-order chi connectivity index (χ0) is 17.3. The molecule has 0 bridgehead atoms. The van der Waals surface area contributed by atoms with Crippen molar-refractivity contribution in [1.29, 1.82) is 0 Å². The van der Waals surface area contributed by atoms with Crippen LogP contribution in [-0.4, -0.2) is 23.9 Å². The van der Waals surface area contributed by atoms with Crippen LogP contribution in [0, 0.1) is 0 Å². The minimum Gasteiger partial charge on any atom is -0.507 e. The molecule has 6 heteroatoms. The topological polar surface area (TPSA) is 75.6 Å². The number of hydrogen-bond donors (Lipinski definition) is 2. The zero-order valence-electron chi connectivity index (χ0n) is 12.7. The molecule has 0 aliphatic carbocycles. The van der Waals surface area contributed by atoms with Crippen LogP contribution in [-0.2, 0) is 9.59 Å². The van der Waals surface area contributed by atoms with E-state index in [1.165, 1.54) is 7.11 Å². The molecule has 122 valence electrons. The van der Waals surface area contributed by atoms with Crippen LogP contribution in [0.4, 0.5) is 0 Å². The van der Waals surface area contributed by atoms with Crippen LogP contribution in [0.2, 0.25) is 5.02 Å². The van der Waals surface area contributed by atoms with Crippen LogP contribution >= 0.6 is 11.6 Å². The van der Waals surface area contributed by atoms with Crippen molar-refractivity contribution in [2.24, 2.45) is 0 Å². The Hall–Kier alpha value is -2.79. The molecule has 0 radical (unpaired) electrons. The molecule has 2 aromatic carbocycles. The number of nitrogens with one attached hydrogen (secondary N) is 1. The van der Waals surface area contributed by atoms with E-state index in [2.05, 4.69) is 5.32 Å². The lowest BCUT2D eigenvalue weighted by atomic mass is 9.96. The largest absolute Gasteiger partial charge is 0.507 e. The quantitative estimate of drug-likeness (QED) is 0.510. The number of Topliss-reactive ketones (excluding diaryl/α,β-unsaturated/α-hetero) is 1. The van der Waals surface area contributed by atoms with E-state index >= 15 is 0 Å². The number of carbonyl (C=O) groups excluding carboxylic acids is 2. The molecule has 1 amide bonds. The van der Waals surface area contributed by atoms with Gasteiger partial charge in [0.25, 0.3) is 11.7 Å². The Kier molecular flexibility index (Phi) is 4.27. The van der Waals surface area contributed by atoms with Crippen molar-refractivity contribution in [3.05, 3.63) is 70.3 Å². The number of benzene rings is 2. The van der Waals surface area contributed by atoms with Crippen LogP contribution in [0.15, 0.2) is 54.1 Å². The fourth-order valence-electron chi connectivity index (χ4n) is 2.58. The maximum atomic E-state index is 12.2. The summed E-state index contributed by atoms with van der Waals surface area (Å²) in [4.78, 5) is 24.0. The Balaban J connectivity index is 2.07. The Morgan fingerprint density at radius 2 is 1.71 bits per heavy atom. The van der Waals surface area contributed by atoms with Crippen molar-refractivity contribution in [2.75, 3.05) is 7.11 Å². The number of methoxy groups -OCH3 is 1. The van der Waals surface area contributed by atoms with E-state index in [9.17, 15) is 14.7 Å². The van der Waals surface area contributed by atoms with E-state index in [4.69, 9.17) is 16.3 Å². The summed E-state index contributed by atoms with van der Waals surface area (Å²) in [6.45, 7) is 0. The standard InChI is InChI=1S/C18H14ClNO4/c1-24-13-8-4-11(5-9-13)16(21)14-15(20-18(23)17(14)22)10-2-6-12(19)7-3-10/h2-9,15,21H,1H3,(H,20,23)/b16-14+. The van der Waals surface area contributed by atoms with E-state index in [1.54, 1.807) is 48.5 Å². The van der Waals surface area contributed by atoms with Crippen LogP contribution in [0.1, 0.15) is 17.2 Å². The van der Waals surface area contributed by atoms with E-state index < -0.39 is 17.7 Å². The molecule has 0 aromatic heterocycles. The Labute approximate surface area is 143 Å². The van der Waals surface area contributed by atoms with Crippen molar-refractivity contribution in [2.45, 2.75) is 6.04 Å². The van der Waals surface area contributed by atoms with Crippen molar-refractivity contribution >= 4 is 29.1 Å². The second-order valence-corrected chi connectivity index (χ2v) is 5.71. The SMILES string of the molecule is COc1ccc(/C(O)=C2\C(=O)C(=O)NC2c2ccc(Cl)cc2)cc1. The Morgan fingerprint density at radius 3 is 2.29 bits per heavy atom. The first-order valence-electron chi connectivity index (χ1n) is 7.19. The molecule has 2 aromatic rings. The van der Waals surface area contributed by atoms with E-state index in [0.29, 0.717) is 21.9 Å². The highest BCUT2D eigenvalue weighted by atomic mass is 35.5. The third-order valence-electron chi connectivity index (χ3n) is 3.84. The molecule has 1 aliphatic heterocycles. The number of halogens is 1. The van der Waals surface area contributed by atoms with Crippen LogP contribution < -0.4 is 10.1 Å². The zero-order valence-corrected chi connectivity index (χ0v) is 13.5. The molecule has 1 heterocycles. The third kappa shape index (κ3) is 2.86. The molecule has 1 saturated heterocycles. The molecule has 2 N–H and O–H groups in total. The monoisotopic (exact) mass is 343 g/mol. The van der Waals surface area contributed by atoms with Gasteiger partial charge in [0.1, 0.15) is 11.5 Å². The normalized spacial score (nSPS) is 19.2. The summed E-state index contributed by atoms with van der Waals surface area (Å²) in [6, 6.07) is 12.6. The summed E-state index contributed by atoms with van der Waals surface area (Å²) in [7, 11) is 1.53. The molecule has 24 heavy (non-hydrogen) atoms. The van der Waals surface area contributed by atoms with Gasteiger partial charge in [0.2, 0.25) is 0 Å². The number of hydrogen-bond acceptors (Lipinski definition) is 4. The summed E-state index contributed by atoms with van der Waals surface area (Å²) in [5.74, 6) is -1.10. The van der Waals surface area contributed by atoms with Gasteiger partial charge in [0.15, 0.2) is 0 Å². The fraction of sp³-hybridized carbons (Fsp3) is 0.111. The smallest absolute Gasteiger partial charge is 0.293 e. The van der Waals surface area contributed by atoms with Gasteiger partial charge in [-0.25, -0.2) is 0 Å². The number of carbonyl (C=O) groups is 2. The summed E-state index contributed by atoms with van der Waals surface area (Å²) in [5, 5.41) is 13.7. The van der Waals surface area contributed by atoms with Gasteiger partial charge < -0.3 is 15.2 Å².